The van der Waals surface area contributed by atoms with Gasteiger partial charge in [-0.2, -0.15) is 5.26 Å². The van der Waals surface area contributed by atoms with Crippen LogP contribution in [0, 0.1) is 11.3 Å². The number of rotatable bonds is 4. The zero-order valence-corrected chi connectivity index (χ0v) is 11.3. The zero-order valence-electron chi connectivity index (χ0n) is 11.3. The molecule has 1 unspecified atom stereocenters. The molecule has 100 valence electrons. The van der Waals surface area contributed by atoms with Gasteiger partial charge in [0, 0.05) is 5.56 Å². The molecule has 0 aliphatic rings. The van der Waals surface area contributed by atoms with Crippen molar-refractivity contribution in [1.82, 2.24) is 5.32 Å². The van der Waals surface area contributed by atoms with Crippen molar-refractivity contribution in [2.45, 2.75) is 19.4 Å². The van der Waals surface area contributed by atoms with Gasteiger partial charge in [0.15, 0.2) is 0 Å². The lowest BCUT2D eigenvalue weighted by atomic mass is 10.0. The Morgan fingerprint density at radius 2 is 1.80 bits per heavy atom. The van der Waals surface area contributed by atoms with E-state index in [4.69, 9.17) is 0 Å². The predicted molar refractivity (Wildman–Crippen MR) is 78.1 cm³/mol. The van der Waals surface area contributed by atoms with E-state index in [0.29, 0.717) is 5.56 Å². The average molecular weight is 264 g/mol. The Kier molecular flexibility index (Phi) is 4.52. The van der Waals surface area contributed by atoms with Crippen LogP contribution < -0.4 is 5.32 Å². The second-order valence-electron chi connectivity index (χ2n) is 4.50. The van der Waals surface area contributed by atoms with Gasteiger partial charge in [-0.15, -0.1) is 0 Å². The molecule has 0 aliphatic heterocycles. The SMILES string of the molecule is CCc1ccc(C(C#N)NC(=O)c2ccccc2)cc1. The lowest BCUT2D eigenvalue weighted by Crippen LogP contribution is -2.27. The lowest BCUT2D eigenvalue weighted by Gasteiger charge is -2.12. The third-order valence-corrected chi connectivity index (χ3v) is 3.16. The summed E-state index contributed by atoms with van der Waals surface area (Å²) in [5.41, 5.74) is 2.56. The van der Waals surface area contributed by atoms with Crippen LogP contribution in [0.1, 0.15) is 34.5 Å². The van der Waals surface area contributed by atoms with E-state index < -0.39 is 6.04 Å². The highest BCUT2D eigenvalue weighted by Gasteiger charge is 2.14. The van der Waals surface area contributed by atoms with Crippen molar-refractivity contribution in [1.29, 1.82) is 5.26 Å². The maximum atomic E-state index is 12.0. The molecule has 0 fully saturated rings. The number of nitrogens with one attached hydrogen (secondary N) is 1. The molecule has 0 spiro atoms. The fraction of sp³-hybridized carbons (Fsp3) is 0.176. The molecule has 0 bridgehead atoms. The van der Waals surface area contributed by atoms with E-state index in [1.54, 1.807) is 24.3 Å². The lowest BCUT2D eigenvalue weighted by molar-refractivity contribution is 0.0945. The Bertz CT molecular complexity index is 612. The normalized spacial score (nSPS) is 11.4. The number of nitrogens with zero attached hydrogens (tertiary/aromatic N) is 1. The summed E-state index contributed by atoms with van der Waals surface area (Å²) in [6.07, 6.45) is 0.952. The number of aryl methyl sites for hydroxylation is 1. The van der Waals surface area contributed by atoms with Crippen molar-refractivity contribution in [2.24, 2.45) is 0 Å². The third-order valence-electron chi connectivity index (χ3n) is 3.16. The topological polar surface area (TPSA) is 52.9 Å². The first-order valence-electron chi connectivity index (χ1n) is 6.59. The van der Waals surface area contributed by atoms with E-state index in [-0.39, 0.29) is 5.91 Å². The molecule has 1 amide bonds. The summed E-state index contributed by atoms with van der Waals surface area (Å²) in [4.78, 5) is 12.0. The van der Waals surface area contributed by atoms with E-state index >= 15 is 0 Å². The monoisotopic (exact) mass is 264 g/mol. The highest BCUT2D eigenvalue weighted by atomic mass is 16.1. The summed E-state index contributed by atoms with van der Waals surface area (Å²) < 4.78 is 0. The van der Waals surface area contributed by atoms with Gasteiger partial charge >= 0.3 is 0 Å². The molecule has 2 aromatic rings. The van der Waals surface area contributed by atoms with Gasteiger partial charge in [-0.3, -0.25) is 4.79 Å². The zero-order chi connectivity index (χ0) is 14.4. The molecular weight excluding hydrogens is 248 g/mol. The van der Waals surface area contributed by atoms with Crippen LogP contribution in [0.5, 0.6) is 0 Å². The highest BCUT2D eigenvalue weighted by molar-refractivity contribution is 5.94. The van der Waals surface area contributed by atoms with Crippen molar-refractivity contribution in [3.05, 3.63) is 71.3 Å². The van der Waals surface area contributed by atoms with Crippen molar-refractivity contribution in [3.8, 4) is 6.07 Å². The Balaban J connectivity index is 2.13. The molecule has 0 aromatic heterocycles. The summed E-state index contributed by atoms with van der Waals surface area (Å²) in [5.74, 6) is -0.239. The average Bonchev–Trinajstić information content (AvgIpc) is 2.53. The van der Waals surface area contributed by atoms with Crippen LogP contribution in [-0.2, 0) is 6.42 Å². The molecule has 0 aliphatic carbocycles. The van der Waals surface area contributed by atoms with E-state index in [1.165, 1.54) is 5.56 Å². The predicted octanol–water partition coefficient (Wildman–Crippen LogP) is 3.24. The van der Waals surface area contributed by atoms with Crippen LogP contribution >= 0.6 is 0 Å². The molecule has 1 N–H and O–H groups in total. The van der Waals surface area contributed by atoms with Gasteiger partial charge in [-0.05, 0) is 29.7 Å². The molecule has 0 saturated carbocycles. The van der Waals surface area contributed by atoms with Gasteiger partial charge in [0.2, 0.25) is 0 Å². The Morgan fingerprint density at radius 3 is 2.35 bits per heavy atom. The van der Waals surface area contributed by atoms with Gasteiger partial charge in [0.05, 0.1) is 6.07 Å². The highest BCUT2D eigenvalue weighted by Crippen LogP contribution is 2.14. The van der Waals surface area contributed by atoms with E-state index in [1.807, 2.05) is 30.3 Å². The van der Waals surface area contributed by atoms with Gasteiger partial charge in [-0.1, -0.05) is 49.4 Å². The fourth-order valence-corrected chi connectivity index (χ4v) is 1.94. The Hall–Kier alpha value is -2.60. The first-order valence-corrected chi connectivity index (χ1v) is 6.59. The standard InChI is InChI=1S/C17H16N2O/c1-2-13-8-10-14(11-9-13)16(12-18)19-17(20)15-6-4-3-5-7-15/h3-11,16H,2H2,1H3,(H,19,20). The van der Waals surface area contributed by atoms with Crippen molar-refractivity contribution >= 4 is 5.91 Å². The first-order chi connectivity index (χ1) is 9.74. The smallest absolute Gasteiger partial charge is 0.252 e. The van der Waals surface area contributed by atoms with Crippen LogP contribution in [0.4, 0.5) is 0 Å². The molecule has 2 aromatic carbocycles. The minimum atomic E-state index is -0.631. The number of benzene rings is 2. The number of carbonyl (C=O) groups excluding carboxylic acids is 1. The summed E-state index contributed by atoms with van der Waals surface area (Å²) in [6, 6.07) is 18.1. The number of carbonyl (C=O) groups is 1. The Labute approximate surface area is 118 Å². The van der Waals surface area contributed by atoms with E-state index in [9.17, 15) is 10.1 Å². The molecule has 0 heterocycles. The largest absolute Gasteiger partial charge is 0.333 e. The Morgan fingerprint density at radius 1 is 1.15 bits per heavy atom. The molecule has 3 heteroatoms. The van der Waals surface area contributed by atoms with Crippen molar-refractivity contribution < 1.29 is 4.79 Å². The summed E-state index contributed by atoms with van der Waals surface area (Å²) >= 11 is 0. The summed E-state index contributed by atoms with van der Waals surface area (Å²) in [6.45, 7) is 2.08. The first kappa shape index (κ1) is 13.8. The number of nitriles is 1. The third kappa shape index (κ3) is 3.24. The molecule has 20 heavy (non-hydrogen) atoms. The second-order valence-corrected chi connectivity index (χ2v) is 4.50. The molecular formula is C17H16N2O. The minimum Gasteiger partial charge on any atom is -0.333 e. The number of hydrogen-bond acceptors (Lipinski definition) is 2. The van der Waals surface area contributed by atoms with E-state index in [2.05, 4.69) is 18.3 Å². The van der Waals surface area contributed by atoms with Gasteiger partial charge in [0.1, 0.15) is 6.04 Å². The quantitative estimate of drug-likeness (QED) is 0.921. The number of amides is 1. The summed E-state index contributed by atoms with van der Waals surface area (Å²) in [7, 11) is 0. The molecule has 3 nitrogen and oxygen atoms in total. The van der Waals surface area contributed by atoms with Crippen LogP contribution in [-0.4, -0.2) is 5.91 Å². The van der Waals surface area contributed by atoms with Crippen LogP contribution in [0.3, 0.4) is 0 Å². The van der Waals surface area contributed by atoms with Gasteiger partial charge < -0.3 is 5.32 Å². The van der Waals surface area contributed by atoms with Crippen molar-refractivity contribution in [3.63, 3.8) is 0 Å². The fourth-order valence-electron chi connectivity index (χ4n) is 1.94. The summed E-state index contributed by atoms with van der Waals surface area (Å²) in [5, 5.41) is 12.0. The van der Waals surface area contributed by atoms with E-state index in [0.717, 1.165) is 12.0 Å². The maximum Gasteiger partial charge on any atom is 0.252 e. The van der Waals surface area contributed by atoms with Gasteiger partial charge in [-0.25, -0.2) is 0 Å². The number of hydrogen-bond donors (Lipinski definition) is 1. The molecule has 0 saturated heterocycles. The second kappa shape index (κ2) is 6.53. The van der Waals surface area contributed by atoms with Crippen LogP contribution in [0.2, 0.25) is 0 Å². The molecule has 0 radical (unpaired) electrons. The van der Waals surface area contributed by atoms with Crippen LogP contribution in [0.25, 0.3) is 0 Å². The van der Waals surface area contributed by atoms with Gasteiger partial charge in [0.25, 0.3) is 5.91 Å². The molecule has 2 rings (SSSR count). The van der Waals surface area contributed by atoms with Crippen LogP contribution in [0.15, 0.2) is 54.6 Å². The maximum absolute atomic E-state index is 12.0. The molecule has 1 atom stereocenters. The minimum absolute atomic E-state index is 0.239. The van der Waals surface area contributed by atoms with Crippen molar-refractivity contribution in [2.75, 3.05) is 0 Å².